The van der Waals surface area contributed by atoms with Gasteiger partial charge in [-0.15, -0.1) is 0 Å². The van der Waals surface area contributed by atoms with Crippen molar-refractivity contribution in [2.75, 3.05) is 10.7 Å². The smallest absolute Gasteiger partial charge is 0.149 e. The van der Waals surface area contributed by atoms with E-state index in [4.69, 9.17) is 0 Å². The molecule has 34 heavy (non-hydrogen) atoms. The normalized spacial score (nSPS) is 18.2. The molecule has 0 fully saturated rings. The zero-order valence-electron chi connectivity index (χ0n) is 20.1. The molecule has 0 saturated carbocycles. The molecule has 2 atom stereocenters. The number of alkyl halides is 2. The fraction of sp³-hybridized carbons (Fsp3) is 0.276. The van der Waals surface area contributed by atoms with E-state index in [-0.39, 0.29) is 39.4 Å². The van der Waals surface area contributed by atoms with Gasteiger partial charge in [0.25, 0.3) is 0 Å². The Morgan fingerprint density at radius 1 is 0.647 bits per heavy atom. The highest BCUT2D eigenvalue weighted by Gasteiger charge is 2.32. The molecular weight excluding hydrogens is 588 g/mol. The summed E-state index contributed by atoms with van der Waals surface area (Å²) in [6.07, 6.45) is 8.52. The Kier molecular flexibility index (Phi) is 8.50. The Hall–Kier alpha value is -1.27. The van der Waals surface area contributed by atoms with E-state index in [1.165, 1.54) is 43.2 Å². The third-order valence-corrected chi connectivity index (χ3v) is 11.6. The topological polar surface area (TPSA) is 17.1 Å². The molecule has 0 saturated heterocycles. The van der Waals surface area contributed by atoms with Gasteiger partial charge in [0.2, 0.25) is 0 Å². The lowest BCUT2D eigenvalue weighted by Gasteiger charge is -2.27. The number of halogens is 2. The maximum atomic E-state index is 14.1. The Bertz CT molecular complexity index is 1060. The van der Waals surface area contributed by atoms with Crippen molar-refractivity contribution in [3.63, 3.8) is 0 Å². The van der Waals surface area contributed by atoms with Crippen molar-refractivity contribution in [3.8, 4) is 0 Å². The van der Waals surface area contributed by atoms with Gasteiger partial charge in [0.15, 0.2) is 0 Å². The molecular formula is C29H32Br2OS2. The van der Waals surface area contributed by atoms with Crippen molar-refractivity contribution in [2.45, 2.75) is 49.3 Å². The number of ketones is 1. The van der Waals surface area contributed by atoms with Gasteiger partial charge in [0.1, 0.15) is 5.78 Å². The molecule has 0 amide bonds. The van der Waals surface area contributed by atoms with Crippen LogP contribution in [-0.2, 0) is 4.79 Å². The molecule has 2 aromatic carbocycles. The van der Waals surface area contributed by atoms with Crippen LogP contribution in [0.25, 0.3) is 0 Å². The number of aryl methyl sites for hydroxylation is 4. The van der Waals surface area contributed by atoms with Gasteiger partial charge in [-0.3, -0.25) is 4.79 Å². The van der Waals surface area contributed by atoms with Gasteiger partial charge in [-0.05, 0) is 117 Å². The standard InChI is InChI=1S/C29H32Br2OS2/c1-19-13-23(33-9-5-6-10-33)14-20(2)27(19)25(17-30)29(32)26(18-31)28-21(3)15-24(16-22(28)4)34-11-7-8-12-34/h5-16,25-26,33-34H,17-18H2,1-4H3. The van der Waals surface area contributed by atoms with E-state index in [0.29, 0.717) is 10.7 Å². The lowest BCUT2D eigenvalue weighted by atomic mass is 9.80. The van der Waals surface area contributed by atoms with E-state index in [1.54, 1.807) is 0 Å². The number of hydrogen-bond donors (Lipinski definition) is 2. The van der Waals surface area contributed by atoms with E-state index in [0.717, 1.165) is 0 Å². The number of carbonyl (C=O) groups excluding carboxylic acids is 1. The fourth-order valence-electron chi connectivity index (χ4n) is 5.15. The predicted molar refractivity (Wildman–Crippen MR) is 161 cm³/mol. The van der Waals surface area contributed by atoms with Gasteiger partial charge in [-0.2, -0.15) is 21.8 Å². The number of thiol groups is 2. The largest absolute Gasteiger partial charge is 0.298 e. The Morgan fingerprint density at radius 3 is 1.21 bits per heavy atom. The average Bonchev–Trinajstić information content (AvgIpc) is 3.52. The summed E-state index contributed by atoms with van der Waals surface area (Å²) in [6, 6.07) is 9.15. The van der Waals surface area contributed by atoms with Crippen LogP contribution >= 0.6 is 53.6 Å². The number of hydrogen-bond acceptors (Lipinski definition) is 1. The van der Waals surface area contributed by atoms with E-state index in [2.05, 4.69) is 130 Å². The van der Waals surface area contributed by atoms with Gasteiger partial charge in [-0.25, -0.2) is 0 Å². The van der Waals surface area contributed by atoms with Gasteiger partial charge in [0.05, 0.1) is 11.8 Å². The Labute approximate surface area is 226 Å². The summed E-state index contributed by atoms with van der Waals surface area (Å²) in [5.74, 6) is -0.0745. The molecule has 0 aromatic heterocycles. The molecule has 0 radical (unpaired) electrons. The third-order valence-electron chi connectivity index (χ3n) is 6.65. The number of Topliss-reactive ketones (excluding diaryl/α,β-unsaturated/α-hetero) is 1. The van der Waals surface area contributed by atoms with E-state index >= 15 is 0 Å². The van der Waals surface area contributed by atoms with Crippen LogP contribution in [0.2, 0.25) is 0 Å². The van der Waals surface area contributed by atoms with E-state index in [9.17, 15) is 4.79 Å². The van der Waals surface area contributed by atoms with Crippen LogP contribution in [0.15, 0.2) is 80.0 Å². The zero-order chi connectivity index (χ0) is 24.4. The lowest BCUT2D eigenvalue weighted by Crippen LogP contribution is -2.25. The van der Waals surface area contributed by atoms with Gasteiger partial charge in [-0.1, -0.05) is 56.2 Å². The van der Waals surface area contributed by atoms with Crippen LogP contribution in [0.4, 0.5) is 0 Å². The fourth-order valence-corrected chi connectivity index (χ4v) is 9.83. The van der Waals surface area contributed by atoms with Crippen LogP contribution < -0.4 is 0 Å². The van der Waals surface area contributed by atoms with Crippen molar-refractivity contribution in [2.24, 2.45) is 0 Å². The van der Waals surface area contributed by atoms with Crippen LogP contribution in [0.3, 0.4) is 0 Å². The van der Waals surface area contributed by atoms with Gasteiger partial charge < -0.3 is 0 Å². The maximum absolute atomic E-state index is 14.1. The molecule has 0 spiro atoms. The third kappa shape index (κ3) is 5.13. The highest BCUT2D eigenvalue weighted by atomic mass is 79.9. The molecule has 5 heteroatoms. The van der Waals surface area contributed by atoms with Crippen LogP contribution in [0.5, 0.6) is 0 Å². The summed E-state index contributed by atoms with van der Waals surface area (Å²) in [5.41, 5.74) is 7.20. The van der Waals surface area contributed by atoms with Gasteiger partial charge >= 0.3 is 0 Å². The van der Waals surface area contributed by atoms with Crippen molar-refractivity contribution >= 4 is 59.4 Å². The summed E-state index contributed by atoms with van der Waals surface area (Å²) < 4.78 is 0. The number of benzene rings is 2. The van der Waals surface area contributed by atoms with Gasteiger partial charge in [0, 0.05) is 10.7 Å². The highest BCUT2D eigenvalue weighted by Crippen LogP contribution is 2.46. The predicted octanol–water partition coefficient (Wildman–Crippen LogP) is 8.95. The number of rotatable bonds is 8. The molecule has 2 aliphatic rings. The minimum absolute atomic E-state index is 0.178. The molecule has 2 aromatic rings. The molecule has 2 unspecified atom stereocenters. The number of carbonyl (C=O) groups is 1. The van der Waals surface area contributed by atoms with Crippen LogP contribution in [-0.4, -0.2) is 16.4 Å². The number of allylic oxidation sites excluding steroid dienone is 4. The van der Waals surface area contributed by atoms with Crippen molar-refractivity contribution in [1.82, 2.24) is 0 Å². The minimum atomic E-state index is -0.365. The molecule has 0 N–H and O–H groups in total. The minimum Gasteiger partial charge on any atom is -0.298 e. The second-order valence-corrected chi connectivity index (χ2v) is 14.1. The first-order valence-corrected chi connectivity index (χ1v) is 16.7. The first-order chi connectivity index (χ1) is 16.3. The second kappa shape index (κ2) is 11.2. The summed E-state index contributed by atoms with van der Waals surface area (Å²) in [4.78, 5) is 16.8. The van der Waals surface area contributed by atoms with Crippen molar-refractivity contribution in [1.29, 1.82) is 0 Å². The average molecular weight is 621 g/mol. The van der Waals surface area contributed by atoms with Crippen LogP contribution in [0, 0.1) is 27.7 Å². The van der Waals surface area contributed by atoms with Crippen molar-refractivity contribution < 1.29 is 4.79 Å². The molecule has 180 valence electrons. The molecule has 2 aliphatic heterocycles. The van der Waals surface area contributed by atoms with Crippen molar-refractivity contribution in [3.05, 3.63) is 104 Å². The summed E-state index contributed by atoms with van der Waals surface area (Å²) >= 11 is 7.41. The molecule has 0 aliphatic carbocycles. The summed E-state index contributed by atoms with van der Waals surface area (Å²) in [5, 5.41) is 10.4. The monoisotopic (exact) mass is 618 g/mol. The Morgan fingerprint density at radius 2 is 0.941 bits per heavy atom. The first-order valence-electron chi connectivity index (χ1n) is 11.5. The highest BCUT2D eigenvalue weighted by molar-refractivity contribution is 9.09. The maximum Gasteiger partial charge on any atom is 0.149 e. The quantitative estimate of drug-likeness (QED) is 0.223. The van der Waals surface area contributed by atoms with E-state index in [1.807, 2.05) is 0 Å². The van der Waals surface area contributed by atoms with E-state index < -0.39 is 0 Å². The van der Waals surface area contributed by atoms with Crippen LogP contribution in [0.1, 0.15) is 45.2 Å². The second-order valence-electron chi connectivity index (χ2n) is 8.98. The molecule has 1 nitrogen and oxygen atoms in total. The molecule has 0 bridgehead atoms. The SMILES string of the molecule is Cc1cc([SH]2C=CC=C2)cc(C)c1C(CBr)C(=O)C(CBr)c1c(C)cc([SH]2C=CC=C2)cc1C. The Balaban J connectivity index is 1.69. The lowest BCUT2D eigenvalue weighted by molar-refractivity contribution is -0.121. The first kappa shape index (κ1) is 25.8. The summed E-state index contributed by atoms with van der Waals surface area (Å²) in [7, 11) is -0.730. The zero-order valence-corrected chi connectivity index (χ0v) is 25.0. The molecule has 2 heterocycles. The summed E-state index contributed by atoms with van der Waals surface area (Å²) in [6.45, 7) is 8.64. The molecule has 4 rings (SSSR count).